The third kappa shape index (κ3) is 3.84. The first kappa shape index (κ1) is 17.5. The number of hydrogen-bond acceptors (Lipinski definition) is 2. The summed E-state index contributed by atoms with van der Waals surface area (Å²) in [7, 11) is 0. The molecule has 0 fully saturated rings. The Labute approximate surface area is 151 Å². The SMILES string of the molecule is C=CCCC1=CCC(C)(C2=CCC3C=C(C=C)CC(N)=NC3=C2)C=C1. The summed E-state index contributed by atoms with van der Waals surface area (Å²) in [5.41, 5.74) is 11.2. The standard InChI is InChI=1S/C23H28N2/c1-4-6-7-18-10-12-23(3,13-11-18)20-9-8-19-14-17(5-2)15-22(24)25-21(19)16-20/h4-5,9-12,14,16,19H,1-2,6-8,13,15H2,3H3,(H2,24,25). The van der Waals surface area contributed by atoms with E-state index in [-0.39, 0.29) is 5.41 Å². The molecule has 0 aromatic heterocycles. The lowest BCUT2D eigenvalue weighted by Gasteiger charge is -2.32. The molecule has 0 spiro atoms. The van der Waals surface area contributed by atoms with Crippen LogP contribution in [-0.2, 0) is 0 Å². The highest BCUT2D eigenvalue weighted by atomic mass is 14.9. The van der Waals surface area contributed by atoms with Crippen LogP contribution >= 0.6 is 0 Å². The second-order valence-electron chi connectivity index (χ2n) is 7.36. The van der Waals surface area contributed by atoms with E-state index in [9.17, 15) is 0 Å². The lowest BCUT2D eigenvalue weighted by atomic mass is 9.72. The molecule has 2 heteroatoms. The molecule has 0 amide bonds. The van der Waals surface area contributed by atoms with E-state index in [1.165, 1.54) is 16.7 Å². The van der Waals surface area contributed by atoms with E-state index in [0.717, 1.165) is 31.4 Å². The molecule has 0 saturated heterocycles. The predicted molar refractivity (Wildman–Crippen MR) is 108 cm³/mol. The van der Waals surface area contributed by atoms with Crippen LogP contribution in [0.2, 0.25) is 0 Å². The summed E-state index contributed by atoms with van der Waals surface area (Å²) in [5.74, 6) is 0.991. The normalized spacial score (nSPS) is 28.5. The molecule has 2 atom stereocenters. The summed E-state index contributed by atoms with van der Waals surface area (Å²) < 4.78 is 0. The fourth-order valence-electron chi connectivity index (χ4n) is 3.68. The van der Waals surface area contributed by atoms with Crippen molar-refractivity contribution in [1.82, 2.24) is 0 Å². The van der Waals surface area contributed by atoms with Gasteiger partial charge in [-0.05, 0) is 42.9 Å². The van der Waals surface area contributed by atoms with Crippen LogP contribution in [0.4, 0.5) is 0 Å². The largest absolute Gasteiger partial charge is 0.387 e. The van der Waals surface area contributed by atoms with Gasteiger partial charge in [0.1, 0.15) is 5.84 Å². The average Bonchev–Trinajstić information content (AvgIpc) is 2.78. The number of nitrogens with two attached hydrogens (primary N) is 1. The Balaban J connectivity index is 1.82. The van der Waals surface area contributed by atoms with Gasteiger partial charge in [-0.25, -0.2) is 4.99 Å². The highest BCUT2D eigenvalue weighted by Gasteiger charge is 2.30. The molecule has 2 nitrogen and oxygen atoms in total. The Bertz CT molecular complexity index is 755. The van der Waals surface area contributed by atoms with E-state index < -0.39 is 0 Å². The van der Waals surface area contributed by atoms with Gasteiger partial charge in [-0.2, -0.15) is 0 Å². The minimum atomic E-state index is 0.0389. The minimum absolute atomic E-state index is 0.0389. The van der Waals surface area contributed by atoms with Gasteiger partial charge >= 0.3 is 0 Å². The Hall–Kier alpha value is -2.35. The fourth-order valence-corrected chi connectivity index (χ4v) is 3.68. The van der Waals surface area contributed by atoms with E-state index in [0.29, 0.717) is 18.2 Å². The zero-order chi connectivity index (χ0) is 17.9. The molecule has 1 heterocycles. The second kappa shape index (κ2) is 7.26. The molecule has 2 aliphatic carbocycles. The zero-order valence-electron chi connectivity index (χ0n) is 15.2. The van der Waals surface area contributed by atoms with Crippen molar-refractivity contribution in [2.24, 2.45) is 22.1 Å². The molecule has 0 saturated carbocycles. The first-order valence-electron chi connectivity index (χ1n) is 9.11. The number of hydrogen-bond donors (Lipinski definition) is 1. The van der Waals surface area contributed by atoms with Crippen molar-refractivity contribution in [1.29, 1.82) is 0 Å². The Morgan fingerprint density at radius 3 is 2.88 bits per heavy atom. The van der Waals surface area contributed by atoms with Crippen LogP contribution in [0.3, 0.4) is 0 Å². The molecule has 3 aliphatic rings. The molecule has 0 bridgehead atoms. The number of amidine groups is 1. The Morgan fingerprint density at radius 1 is 1.36 bits per heavy atom. The molecule has 0 aromatic rings. The zero-order valence-corrected chi connectivity index (χ0v) is 15.2. The van der Waals surface area contributed by atoms with Crippen LogP contribution in [0.5, 0.6) is 0 Å². The molecule has 2 N–H and O–H groups in total. The van der Waals surface area contributed by atoms with Crippen LogP contribution in [-0.4, -0.2) is 5.84 Å². The van der Waals surface area contributed by atoms with Gasteiger partial charge in [0.25, 0.3) is 0 Å². The van der Waals surface area contributed by atoms with E-state index >= 15 is 0 Å². The van der Waals surface area contributed by atoms with Crippen LogP contribution < -0.4 is 5.73 Å². The summed E-state index contributed by atoms with van der Waals surface area (Å²) in [6.45, 7) is 10.0. The van der Waals surface area contributed by atoms with Crippen LogP contribution in [0.15, 0.2) is 89.2 Å². The Morgan fingerprint density at radius 2 is 2.20 bits per heavy atom. The van der Waals surface area contributed by atoms with Gasteiger partial charge in [-0.15, -0.1) is 6.58 Å². The molecule has 3 rings (SSSR count). The first-order valence-corrected chi connectivity index (χ1v) is 9.11. The molecule has 25 heavy (non-hydrogen) atoms. The summed E-state index contributed by atoms with van der Waals surface area (Å²) in [6, 6.07) is 0. The lowest BCUT2D eigenvalue weighted by Crippen LogP contribution is -2.20. The smallest absolute Gasteiger partial charge is 0.104 e. The third-order valence-electron chi connectivity index (χ3n) is 5.36. The van der Waals surface area contributed by atoms with Crippen LogP contribution in [0.25, 0.3) is 0 Å². The van der Waals surface area contributed by atoms with Crippen LogP contribution in [0, 0.1) is 11.3 Å². The van der Waals surface area contributed by atoms with Crippen molar-refractivity contribution < 1.29 is 0 Å². The van der Waals surface area contributed by atoms with E-state index in [1.54, 1.807) is 0 Å². The predicted octanol–water partition coefficient (Wildman–Crippen LogP) is 5.55. The van der Waals surface area contributed by atoms with Gasteiger partial charge in [0.05, 0.1) is 0 Å². The molecule has 1 aliphatic heterocycles. The summed E-state index contributed by atoms with van der Waals surface area (Å²) in [6.07, 6.45) is 22.6. The van der Waals surface area contributed by atoms with Crippen LogP contribution in [0.1, 0.15) is 39.0 Å². The first-order chi connectivity index (χ1) is 12.0. The monoisotopic (exact) mass is 332 g/mol. The number of rotatable bonds is 5. The van der Waals surface area contributed by atoms with Crippen molar-refractivity contribution in [2.45, 2.75) is 39.0 Å². The minimum Gasteiger partial charge on any atom is -0.387 e. The van der Waals surface area contributed by atoms with Gasteiger partial charge in [0.15, 0.2) is 0 Å². The molecule has 0 aromatic carbocycles. The summed E-state index contributed by atoms with van der Waals surface area (Å²) >= 11 is 0. The van der Waals surface area contributed by atoms with Crippen molar-refractivity contribution in [2.75, 3.05) is 0 Å². The molecular formula is C23H28N2. The average molecular weight is 332 g/mol. The van der Waals surface area contributed by atoms with Gasteiger partial charge in [0, 0.05) is 23.5 Å². The maximum atomic E-state index is 6.10. The van der Waals surface area contributed by atoms with Gasteiger partial charge in [0.2, 0.25) is 0 Å². The van der Waals surface area contributed by atoms with E-state index in [2.05, 4.69) is 56.5 Å². The van der Waals surface area contributed by atoms with Crippen molar-refractivity contribution in [3.8, 4) is 0 Å². The highest BCUT2D eigenvalue weighted by molar-refractivity contribution is 5.85. The number of aliphatic imine (C=N–C) groups is 1. The number of fused-ring (bicyclic) bond motifs is 1. The van der Waals surface area contributed by atoms with Gasteiger partial charge in [-0.3, -0.25) is 0 Å². The fraction of sp³-hybridized carbons (Fsp3) is 0.348. The Kier molecular flexibility index (Phi) is 5.08. The molecule has 130 valence electrons. The van der Waals surface area contributed by atoms with Gasteiger partial charge in [-0.1, -0.05) is 61.6 Å². The maximum Gasteiger partial charge on any atom is 0.104 e. The van der Waals surface area contributed by atoms with E-state index in [4.69, 9.17) is 10.7 Å². The number of nitrogens with zero attached hydrogens (tertiary/aromatic N) is 1. The number of allylic oxidation sites excluding steroid dienone is 10. The quantitative estimate of drug-likeness (QED) is 0.659. The molecular weight excluding hydrogens is 304 g/mol. The second-order valence-corrected chi connectivity index (χ2v) is 7.36. The highest BCUT2D eigenvalue weighted by Crippen LogP contribution is 2.42. The maximum absolute atomic E-state index is 6.10. The van der Waals surface area contributed by atoms with Crippen molar-refractivity contribution in [3.05, 3.63) is 84.2 Å². The summed E-state index contributed by atoms with van der Waals surface area (Å²) in [4.78, 5) is 4.69. The lowest BCUT2D eigenvalue weighted by molar-refractivity contribution is 0.515. The van der Waals surface area contributed by atoms with E-state index in [1.807, 2.05) is 12.2 Å². The van der Waals surface area contributed by atoms with Crippen molar-refractivity contribution >= 4 is 5.84 Å². The van der Waals surface area contributed by atoms with Gasteiger partial charge < -0.3 is 5.73 Å². The molecule has 0 radical (unpaired) electrons. The third-order valence-corrected chi connectivity index (χ3v) is 5.36. The van der Waals surface area contributed by atoms with Crippen molar-refractivity contribution in [3.63, 3.8) is 0 Å². The molecule has 2 unspecified atom stereocenters. The summed E-state index contributed by atoms with van der Waals surface area (Å²) in [5, 5.41) is 0. The topological polar surface area (TPSA) is 38.4 Å².